The summed E-state index contributed by atoms with van der Waals surface area (Å²) < 4.78 is 91.3. The van der Waals surface area contributed by atoms with Crippen molar-refractivity contribution >= 4 is 66.1 Å². The Morgan fingerprint density at radius 2 is 1.53 bits per heavy atom. The molecule has 2 fully saturated rings. The summed E-state index contributed by atoms with van der Waals surface area (Å²) in [5, 5.41) is 21.5. The molecule has 57 heavy (non-hydrogen) atoms. The van der Waals surface area contributed by atoms with Gasteiger partial charge in [0.05, 0.1) is 31.6 Å². The van der Waals surface area contributed by atoms with Gasteiger partial charge in [0.1, 0.15) is 42.3 Å². The molecule has 33 heteroatoms. The molecule has 3 unspecified atom stereocenters. The van der Waals surface area contributed by atoms with Gasteiger partial charge in [0.25, 0.3) is 5.56 Å². The number of ether oxygens (including phenoxy) is 3. The van der Waals surface area contributed by atoms with Crippen molar-refractivity contribution in [2.45, 2.75) is 61.9 Å². The molecule has 3 aromatic heterocycles. The summed E-state index contributed by atoms with van der Waals surface area (Å²) in [5.74, 6) is -0.166. The van der Waals surface area contributed by atoms with E-state index in [2.05, 4.69) is 33.5 Å². The quantitative estimate of drug-likeness (QED) is 0.0799. The number of imidazole rings is 2. The molecule has 316 valence electrons. The number of rotatable bonds is 15. The Balaban J connectivity index is 1.22. The fourth-order valence-electron chi connectivity index (χ4n) is 5.93. The summed E-state index contributed by atoms with van der Waals surface area (Å²) in [6.07, 6.45) is -6.30. The number of aliphatic hydroxyl groups is 2. The van der Waals surface area contributed by atoms with Crippen molar-refractivity contribution in [3.8, 4) is 0 Å². The smallest absolute Gasteiger partial charge is 0.397 e. The van der Waals surface area contributed by atoms with Crippen molar-refractivity contribution < 1.29 is 89.3 Å². The highest BCUT2D eigenvalue weighted by atomic mass is 31.3. The minimum Gasteiger partial charge on any atom is -0.397 e. The predicted octanol–water partition coefficient (Wildman–Crippen LogP) is -1.23. The number of phosphoric acid groups is 4. The number of aromatic amines is 1. The zero-order chi connectivity index (χ0) is 41.7. The van der Waals surface area contributed by atoms with Crippen LogP contribution in [-0.4, -0.2) is 127 Å². The molecule has 0 amide bonds. The van der Waals surface area contributed by atoms with Crippen LogP contribution in [0.4, 0.5) is 11.8 Å². The average molecular weight is 893 g/mol. The molecular weight excluding hydrogens is 858 g/mol. The number of aromatic nitrogens is 6. The Labute approximate surface area is 317 Å². The Morgan fingerprint density at radius 3 is 2.23 bits per heavy atom. The third kappa shape index (κ3) is 9.86. The number of nitrogens with zero attached hydrogens (tertiary/aromatic N) is 6. The van der Waals surface area contributed by atoms with Gasteiger partial charge in [-0.2, -0.15) is 13.6 Å². The number of nitrogen functional groups attached to an aromatic ring is 1. The fraction of sp³-hybridized carbons (Fsp3) is 0.542. The molecule has 12 N–H and O–H groups in total. The Morgan fingerprint density at radius 1 is 0.860 bits per heavy atom. The topological polar surface area (TPSA) is 430 Å². The summed E-state index contributed by atoms with van der Waals surface area (Å²) in [7, 11) is -21.6. The van der Waals surface area contributed by atoms with E-state index in [4.69, 9.17) is 49.0 Å². The molecule has 3 aliphatic rings. The number of nitrogens with two attached hydrogens (primary N) is 2. The highest BCUT2D eigenvalue weighted by Crippen LogP contribution is 2.66. The number of anilines is 1. The lowest BCUT2D eigenvalue weighted by Gasteiger charge is -2.26. The van der Waals surface area contributed by atoms with Crippen LogP contribution in [0.15, 0.2) is 28.5 Å². The maximum atomic E-state index is 13.5. The Kier molecular flexibility index (Phi) is 12.6. The predicted molar refractivity (Wildman–Crippen MR) is 185 cm³/mol. The number of methoxy groups -OCH3 is 1. The second-order valence-electron chi connectivity index (χ2n) is 12.2. The number of phosphoric ester groups is 2. The number of allylic oxidation sites excluding steroid dienone is 1. The maximum Gasteiger partial charge on any atom is 0.490 e. The Bertz CT molecular complexity index is 2290. The van der Waals surface area contributed by atoms with E-state index in [9.17, 15) is 47.9 Å². The molecule has 3 aromatic rings. The molecule has 6 rings (SSSR count). The molecule has 0 aromatic carbocycles. The van der Waals surface area contributed by atoms with Crippen molar-refractivity contribution in [1.29, 1.82) is 0 Å². The van der Waals surface area contributed by atoms with Crippen molar-refractivity contribution in [3.63, 3.8) is 0 Å². The van der Waals surface area contributed by atoms with E-state index < -0.39 is 99.1 Å². The summed E-state index contributed by atoms with van der Waals surface area (Å²) >= 11 is 0. The lowest BCUT2D eigenvalue weighted by molar-refractivity contribution is -0.0587. The van der Waals surface area contributed by atoms with Gasteiger partial charge >= 0.3 is 31.3 Å². The van der Waals surface area contributed by atoms with Crippen LogP contribution in [0.5, 0.6) is 0 Å². The first kappa shape index (κ1) is 43.5. The lowest BCUT2D eigenvalue weighted by Crippen LogP contribution is -2.38. The minimum atomic E-state index is -5.94. The van der Waals surface area contributed by atoms with Crippen LogP contribution < -0.4 is 17.0 Å². The first-order chi connectivity index (χ1) is 26.6. The Hall–Kier alpha value is -3.11. The summed E-state index contributed by atoms with van der Waals surface area (Å²) in [6, 6.07) is 0. The van der Waals surface area contributed by atoms with Crippen molar-refractivity contribution in [2.24, 2.45) is 10.7 Å². The van der Waals surface area contributed by atoms with Gasteiger partial charge < -0.3 is 60.4 Å². The zero-order valence-electron chi connectivity index (χ0n) is 28.8. The van der Waals surface area contributed by atoms with Gasteiger partial charge in [0.2, 0.25) is 5.95 Å². The third-order valence-electron chi connectivity index (χ3n) is 8.28. The van der Waals surface area contributed by atoms with Crippen LogP contribution in [0.1, 0.15) is 31.0 Å². The largest absolute Gasteiger partial charge is 0.490 e. The van der Waals surface area contributed by atoms with E-state index in [1.54, 1.807) is 12.3 Å². The second-order valence-corrected chi connectivity index (χ2v) is 18.0. The number of hydrogen-bond acceptors (Lipinski definition) is 21. The second kappa shape index (κ2) is 16.5. The van der Waals surface area contributed by atoms with Crippen molar-refractivity contribution in [1.82, 2.24) is 29.1 Å². The molecule has 11 atom stereocenters. The molecule has 2 saturated heterocycles. The lowest BCUT2D eigenvalue weighted by atomic mass is 10.1. The molecular formula is C24H35N9O20P4. The number of H-pyrrole nitrogens is 1. The van der Waals surface area contributed by atoms with Crippen molar-refractivity contribution in [2.75, 3.05) is 26.1 Å². The zero-order valence-corrected chi connectivity index (χ0v) is 32.4. The first-order valence-corrected chi connectivity index (χ1v) is 22.0. The van der Waals surface area contributed by atoms with Crippen molar-refractivity contribution in [3.05, 3.63) is 34.8 Å². The van der Waals surface area contributed by atoms with Gasteiger partial charge in [0.15, 0.2) is 29.4 Å². The standard InChI is InChI=1S/C24H35N9O20P4/c1-46-18-17(51-55(40,41)47-6-11-15(34)16(35)22(49-11)33-9-29-14-20(33)30-24(26)31-21(14)36)12(7-48-56(42,43)53-57(44,45)52-54(37,38)39)50-23(18)32-8-28-13-10(25)4-2-3-5-27-19(13)32/h4-5,8-9,11-12,15-18,22-23,34-35H,2-3,6-7,25H2,1H3,(H,40,41)(H,42,43)(H,44,45)(H2,37,38,39)(H3,26,30,31,36)/t11-,12-,15-,16-,17-,18-,22-,23-/m1/s1. The third-order valence-corrected chi connectivity index (χ3v) is 13.1. The van der Waals surface area contributed by atoms with Gasteiger partial charge in [-0.1, -0.05) is 6.08 Å². The van der Waals surface area contributed by atoms with E-state index in [0.717, 1.165) is 18.0 Å². The van der Waals surface area contributed by atoms with Gasteiger partial charge in [-0.25, -0.2) is 33.2 Å². The number of aliphatic imine (C=N–C) groups is 1. The molecule has 6 heterocycles. The van der Waals surface area contributed by atoms with Gasteiger partial charge in [-0.3, -0.25) is 32.5 Å². The SMILES string of the molecule is CO[C@@H]1[C@H](OP(=O)(O)OC[C@H]2O[C@@H](n3cnc4c(=O)[nH]c(N)nc43)[C@H](O)[C@@H]2O)[C@@H](COP(=O)(O)OP(=O)(O)OP(=O)(O)O)O[C@H]1n1cnc2c1N=CCCC=C2N. The van der Waals surface area contributed by atoms with E-state index in [-0.39, 0.29) is 34.3 Å². The summed E-state index contributed by atoms with van der Waals surface area (Å²) in [5.41, 5.74) is 11.2. The van der Waals surface area contributed by atoms with Crippen LogP contribution >= 0.6 is 31.3 Å². The van der Waals surface area contributed by atoms with E-state index in [1.165, 1.54) is 10.9 Å². The molecule has 0 radical (unpaired) electrons. The normalized spacial score (nSPS) is 29.9. The van der Waals surface area contributed by atoms with Crippen LogP contribution in [0.3, 0.4) is 0 Å². The van der Waals surface area contributed by atoms with Gasteiger partial charge in [-0.05, 0) is 12.8 Å². The first-order valence-electron chi connectivity index (χ1n) is 16.0. The molecule has 3 aliphatic heterocycles. The summed E-state index contributed by atoms with van der Waals surface area (Å²) in [4.78, 5) is 79.2. The fourth-order valence-corrected chi connectivity index (χ4v) is 9.92. The number of nitrogens with one attached hydrogen (secondary N) is 1. The molecule has 0 bridgehead atoms. The molecule has 0 aliphatic carbocycles. The average Bonchev–Trinajstić information content (AvgIpc) is 3.84. The van der Waals surface area contributed by atoms with Crippen LogP contribution in [0.2, 0.25) is 0 Å². The number of aliphatic hydroxyl groups excluding tert-OH is 2. The number of fused-ring (bicyclic) bond motifs is 2. The van der Waals surface area contributed by atoms with E-state index in [0.29, 0.717) is 12.8 Å². The molecule has 0 saturated carbocycles. The van der Waals surface area contributed by atoms with Crippen LogP contribution in [0, 0.1) is 0 Å². The van der Waals surface area contributed by atoms with Crippen LogP contribution in [0.25, 0.3) is 16.9 Å². The van der Waals surface area contributed by atoms with E-state index in [1.807, 2.05) is 0 Å². The summed E-state index contributed by atoms with van der Waals surface area (Å²) in [6.45, 7) is -2.10. The highest BCUT2D eigenvalue weighted by molar-refractivity contribution is 7.66. The highest BCUT2D eigenvalue weighted by Gasteiger charge is 2.53. The maximum absolute atomic E-state index is 13.5. The molecule has 29 nitrogen and oxygen atoms in total. The minimum absolute atomic E-state index is 0.122. The van der Waals surface area contributed by atoms with Gasteiger partial charge in [0, 0.05) is 13.3 Å². The van der Waals surface area contributed by atoms with E-state index >= 15 is 0 Å². The number of hydrogen-bond donors (Lipinski definition) is 10. The monoisotopic (exact) mass is 893 g/mol. The molecule has 0 spiro atoms. The van der Waals surface area contributed by atoms with Crippen LogP contribution in [-0.2, 0) is 54.7 Å². The van der Waals surface area contributed by atoms with Gasteiger partial charge in [-0.15, -0.1) is 0 Å².